The summed E-state index contributed by atoms with van der Waals surface area (Å²) in [6, 6.07) is 7.27. The quantitative estimate of drug-likeness (QED) is 0.213. The standard InChI is InChI=1S/C36H64N2O2/c1-10-29-23-28(17-13-11-15-21-39-31-24-33(2,3)37-34(4,5)25-31)19-20-30(29)18-14-12-16-22-40-32-26-35(6,7)38-36(8,9)27-32/h19-20,23,31-32,37-38H,10-18,21-22,24-27H2,1-9H3. The third-order valence-electron chi connectivity index (χ3n) is 8.86. The number of unbranched alkanes of at least 4 members (excludes halogenated alkanes) is 4. The van der Waals surface area contributed by atoms with Gasteiger partial charge in [-0.3, -0.25) is 0 Å². The summed E-state index contributed by atoms with van der Waals surface area (Å²) in [7, 11) is 0. The Hall–Kier alpha value is -0.940. The van der Waals surface area contributed by atoms with Crippen molar-refractivity contribution in [2.75, 3.05) is 13.2 Å². The Morgan fingerprint density at radius 2 is 1.05 bits per heavy atom. The summed E-state index contributed by atoms with van der Waals surface area (Å²) in [5, 5.41) is 7.51. The predicted octanol–water partition coefficient (Wildman–Crippen LogP) is 8.33. The summed E-state index contributed by atoms with van der Waals surface area (Å²) in [6.45, 7) is 22.5. The molecule has 2 saturated heterocycles. The lowest BCUT2D eigenvalue weighted by Crippen LogP contribution is -2.59. The van der Waals surface area contributed by atoms with Crippen LogP contribution in [0.3, 0.4) is 0 Å². The van der Waals surface area contributed by atoms with Crippen molar-refractivity contribution < 1.29 is 9.47 Å². The molecule has 2 N–H and O–H groups in total. The van der Waals surface area contributed by atoms with Crippen LogP contribution in [0.5, 0.6) is 0 Å². The molecule has 230 valence electrons. The molecule has 40 heavy (non-hydrogen) atoms. The van der Waals surface area contributed by atoms with Crippen molar-refractivity contribution in [1.82, 2.24) is 10.6 Å². The van der Waals surface area contributed by atoms with Gasteiger partial charge in [-0.2, -0.15) is 0 Å². The Kier molecular flexibility index (Phi) is 12.2. The molecule has 1 aromatic carbocycles. The van der Waals surface area contributed by atoms with Gasteiger partial charge in [0, 0.05) is 35.4 Å². The van der Waals surface area contributed by atoms with Gasteiger partial charge in [-0.1, -0.05) is 38.0 Å². The van der Waals surface area contributed by atoms with Crippen molar-refractivity contribution in [3.8, 4) is 0 Å². The smallest absolute Gasteiger partial charge is 0.0609 e. The molecule has 2 heterocycles. The minimum atomic E-state index is 0.158. The number of piperidine rings is 2. The second-order valence-corrected chi connectivity index (χ2v) is 15.7. The number of hydrogen-bond donors (Lipinski definition) is 2. The van der Waals surface area contributed by atoms with Gasteiger partial charge in [-0.15, -0.1) is 0 Å². The maximum absolute atomic E-state index is 6.33. The van der Waals surface area contributed by atoms with Crippen LogP contribution in [0.15, 0.2) is 18.2 Å². The highest BCUT2D eigenvalue weighted by Crippen LogP contribution is 2.31. The third kappa shape index (κ3) is 11.7. The Labute approximate surface area is 248 Å². The van der Waals surface area contributed by atoms with E-state index < -0.39 is 0 Å². The Morgan fingerprint density at radius 1 is 0.600 bits per heavy atom. The van der Waals surface area contributed by atoms with E-state index in [1.54, 1.807) is 11.1 Å². The Bertz CT molecular complexity index is 872. The third-order valence-corrected chi connectivity index (χ3v) is 8.86. The van der Waals surface area contributed by atoms with Crippen LogP contribution in [-0.4, -0.2) is 47.6 Å². The number of hydrogen-bond acceptors (Lipinski definition) is 4. The Balaban J connectivity index is 1.29. The zero-order valence-electron chi connectivity index (χ0n) is 27.8. The number of benzene rings is 1. The van der Waals surface area contributed by atoms with Gasteiger partial charge in [0.25, 0.3) is 0 Å². The number of nitrogens with one attached hydrogen (secondary N) is 2. The zero-order valence-corrected chi connectivity index (χ0v) is 27.8. The maximum atomic E-state index is 6.33. The van der Waals surface area contributed by atoms with Crippen LogP contribution < -0.4 is 10.6 Å². The molecule has 0 radical (unpaired) electrons. The van der Waals surface area contributed by atoms with Crippen molar-refractivity contribution >= 4 is 0 Å². The topological polar surface area (TPSA) is 42.5 Å². The van der Waals surface area contributed by atoms with E-state index >= 15 is 0 Å². The predicted molar refractivity (Wildman–Crippen MR) is 171 cm³/mol. The molecule has 0 saturated carbocycles. The molecule has 2 aliphatic rings. The first-order valence-electron chi connectivity index (χ1n) is 16.6. The molecule has 3 rings (SSSR count). The lowest BCUT2D eigenvalue weighted by molar-refractivity contribution is -0.0233. The van der Waals surface area contributed by atoms with E-state index in [1.807, 2.05) is 0 Å². The van der Waals surface area contributed by atoms with Crippen LogP contribution in [0.2, 0.25) is 0 Å². The fourth-order valence-electron chi connectivity index (χ4n) is 7.80. The van der Waals surface area contributed by atoms with Gasteiger partial charge in [0.05, 0.1) is 12.2 Å². The number of rotatable bonds is 15. The van der Waals surface area contributed by atoms with E-state index in [1.165, 1.54) is 56.9 Å². The first-order chi connectivity index (χ1) is 18.7. The average molecular weight is 557 g/mol. The molecule has 0 bridgehead atoms. The fraction of sp³-hybridized carbons (Fsp3) is 0.833. The molecule has 0 atom stereocenters. The average Bonchev–Trinajstić information content (AvgIpc) is 2.80. The SMILES string of the molecule is CCc1cc(CCCCCOC2CC(C)(C)NC(C)(C)C2)ccc1CCCCCOC1CC(C)(C)NC(C)(C)C1. The maximum Gasteiger partial charge on any atom is 0.0609 e. The minimum absolute atomic E-state index is 0.158. The number of ether oxygens (including phenoxy) is 2. The molecule has 0 unspecified atom stereocenters. The van der Waals surface area contributed by atoms with Gasteiger partial charge in [-0.05, 0) is 143 Å². The van der Waals surface area contributed by atoms with Crippen LogP contribution in [0.25, 0.3) is 0 Å². The second kappa shape index (κ2) is 14.5. The van der Waals surface area contributed by atoms with E-state index in [0.717, 1.165) is 45.3 Å². The van der Waals surface area contributed by atoms with Crippen LogP contribution in [0, 0.1) is 0 Å². The van der Waals surface area contributed by atoms with Crippen LogP contribution in [-0.2, 0) is 28.7 Å². The van der Waals surface area contributed by atoms with E-state index in [2.05, 4.69) is 91.1 Å². The summed E-state index contributed by atoms with van der Waals surface area (Å²) < 4.78 is 12.6. The summed E-state index contributed by atoms with van der Waals surface area (Å²) in [5.74, 6) is 0. The van der Waals surface area contributed by atoms with Crippen molar-refractivity contribution in [3.63, 3.8) is 0 Å². The van der Waals surface area contributed by atoms with E-state index in [0.29, 0.717) is 12.2 Å². The lowest BCUT2D eigenvalue weighted by Gasteiger charge is -2.46. The van der Waals surface area contributed by atoms with E-state index in [4.69, 9.17) is 9.47 Å². The first-order valence-corrected chi connectivity index (χ1v) is 16.6. The molecule has 0 aliphatic carbocycles. The highest BCUT2D eigenvalue weighted by atomic mass is 16.5. The molecule has 4 heteroatoms. The van der Waals surface area contributed by atoms with Crippen molar-refractivity contribution in [2.45, 2.75) is 180 Å². The molecule has 1 aromatic rings. The van der Waals surface area contributed by atoms with Crippen LogP contribution >= 0.6 is 0 Å². The molecular formula is C36H64N2O2. The van der Waals surface area contributed by atoms with Gasteiger partial charge in [0.1, 0.15) is 0 Å². The van der Waals surface area contributed by atoms with Crippen molar-refractivity contribution in [3.05, 3.63) is 34.9 Å². The molecule has 0 amide bonds. The summed E-state index contributed by atoms with van der Waals surface area (Å²) in [4.78, 5) is 0. The summed E-state index contributed by atoms with van der Waals surface area (Å²) in [5.41, 5.74) is 5.24. The van der Waals surface area contributed by atoms with Gasteiger partial charge in [-0.25, -0.2) is 0 Å². The molecule has 2 aliphatic heterocycles. The molecular weight excluding hydrogens is 492 g/mol. The van der Waals surface area contributed by atoms with Crippen molar-refractivity contribution in [1.29, 1.82) is 0 Å². The fourth-order valence-corrected chi connectivity index (χ4v) is 7.80. The molecule has 2 fully saturated rings. The lowest BCUT2D eigenvalue weighted by atomic mass is 9.81. The first kappa shape index (κ1) is 33.6. The number of aryl methyl sites for hydroxylation is 3. The van der Waals surface area contributed by atoms with E-state index in [-0.39, 0.29) is 22.2 Å². The van der Waals surface area contributed by atoms with Crippen LogP contribution in [0.1, 0.15) is 143 Å². The normalized spacial score (nSPS) is 22.4. The van der Waals surface area contributed by atoms with Crippen molar-refractivity contribution in [2.24, 2.45) is 0 Å². The second-order valence-electron chi connectivity index (χ2n) is 15.7. The highest BCUT2D eigenvalue weighted by molar-refractivity contribution is 5.32. The molecule has 4 nitrogen and oxygen atoms in total. The zero-order chi connectivity index (χ0) is 29.4. The minimum Gasteiger partial charge on any atom is -0.378 e. The monoisotopic (exact) mass is 556 g/mol. The van der Waals surface area contributed by atoms with Gasteiger partial charge in [0.2, 0.25) is 0 Å². The Morgan fingerprint density at radius 3 is 1.50 bits per heavy atom. The largest absolute Gasteiger partial charge is 0.378 e. The molecule has 0 spiro atoms. The van der Waals surface area contributed by atoms with Crippen LogP contribution in [0.4, 0.5) is 0 Å². The van der Waals surface area contributed by atoms with Gasteiger partial charge < -0.3 is 20.1 Å². The highest BCUT2D eigenvalue weighted by Gasteiger charge is 2.39. The van der Waals surface area contributed by atoms with E-state index in [9.17, 15) is 0 Å². The molecule has 0 aromatic heterocycles. The van der Waals surface area contributed by atoms with Gasteiger partial charge in [0.15, 0.2) is 0 Å². The van der Waals surface area contributed by atoms with Gasteiger partial charge >= 0.3 is 0 Å². The summed E-state index contributed by atoms with van der Waals surface area (Å²) in [6.07, 6.45) is 16.0. The summed E-state index contributed by atoms with van der Waals surface area (Å²) >= 11 is 0.